The van der Waals surface area contributed by atoms with E-state index in [1.165, 1.54) is 11.4 Å². The van der Waals surface area contributed by atoms with E-state index in [-0.39, 0.29) is 23.3 Å². The highest BCUT2D eigenvalue weighted by molar-refractivity contribution is 7.89. The highest BCUT2D eigenvalue weighted by Gasteiger charge is 2.34. The number of anilines is 1. The number of benzene rings is 2. The van der Waals surface area contributed by atoms with Crippen LogP contribution in [0, 0.1) is 6.92 Å². The normalized spacial score (nSPS) is 17.9. The molecule has 0 spiro atoms. The number of carbonyl (C=O) groups is 1. The van der Waals surface area contributed by atoms with Crippen LogP contribution in [0.1, 0.15) is 31.2 Å². The van der Waals surface area contributed by atoms with Crippen LogP contribution in [0.2, 0.25) is 0 Å². The van der Waals surface area contributed by atoms with Crippen molar-refractivity contribution >= 4 is 21.6 Å². The monoisotopic (exact) mass is 402 g/mol. The van der Waals surface area contributed by atoms with E-state index in [0.717, 1.165) is 24.1 Å². The first-order chi connectivity index (χ1) is 13.4. The Labute approximate surface area is 166 Å². The SMILES string of the molecule is COc1ccc(S(=O)(=O)N2CCCCC2CC(=O)Nc2cccc(C)c2)cc1. The summed E-state index contributed by atoms with van der Waals surface area (Å²) in [5, 5.41) is 2.88. The smallest absolute Gasteiger partial charge is 0.243 e. The molecule has 1 saturated heterocycles. The average molecular weight is 403 g/mol. The number of piperidine rings is 1. The van der Waals surface area contributed by atoms with Gasteiger partial charge in [-0.25, -0.2) is 8.42 Å². The fraction of sp³-hybridized carbons (Fsp3) is 0.381. The molecule has 7 heteroatoms. The minimum atomic E-state index is -3.66. The zero-order chi connectivity index (χ0) is 20.1. The van der Waals surface area contributed by atoms with E-state index in [4.69, 9.17) is 4.74 Å². The number of ether oxygens (including phenoxy) is 1. The Balaban J connectivity index is 1.74. The van der Waals surface area contributed by atoms with E-state index >= 15 is 0 Å². The molecule has 1 fully saturated rings. The third-order valence-electron chi connectivity index (χ3n) is 4.96. The van der Waals surface area contributed by atoms with Crippen LogP contribution in [0.25, 0.3) is 0 Å². The largest absolute Gasteiger partial charge is 0.497 e. The Hall–Kier alpha value is -2.38. The number of methoxy groups -OCH3 is 1. The lowest BCUT2D eigenvalue weighted by molar-refractivity contribution is -0.117. The maximum absolute atomic E-state index is 13.1. The molecular weight excluding hydrogens is 376 g/mol. The van der Waals surface area contributed by atoms with E-state index < -0.39 is 10.0 Å². The lowest BCUT2D eigenvalue weighted by atomic mass is 10.0. The number of hydrogen-bond acceptors (Lipinski definition) is 4. The molecule has 1 atom stereocenters. The quantitative estimate of drug-likeness (QED) is 0.801. The van der Waals surface area contributed by atoms with Gasteiger partial charge in [0.15, 0.2) is 0 Å². The van der Waals surface area contributed by atoms with Gasteiger partial charge in [0.25, 0.3) is 0 Å². The van der Waals surface area contributed by atoms with Crippen molar-refractivity contribution in [2.24, 2.45) is 0 Å². The van der Waals surface area contributed by atoms with Crippen LogP contribution in [0.3, 0.4) is 0 Å². The molecule has 0 aromatic heterocycles. The van der Waals surface area contributed by atoms with E-state index in [2.05, 4.69) is 5.32 Å². The van der Waals surface area contributed by atoms with Crippen molar-refractivity contribution < 1.29 is 17.9 Å². The van der Waals surface area contributed by atoms with E-state index in [1.807, 2.05) is 31.2 Å². The molecule has 1 amide bonds. The molecule has 1 unspecified atom stereocenters. The van der Waals surface area contributed by atoms with Crippen LogP contribution in [0.4, 0.5) is 5.69 Å². The standard InChI is InChI=1S/C21H26N2O4S/c1-16-6-5-7-17(14-16)22-21(24)15-18-8-3-4-13-23(18)28(25,26)20-11-9-19(27-2)10-12-20/h5-7,9-12,14,18H,3-4,8,13,15H2,1-2H3,(H,22,24). The van der Waals surface area contributed by atoms with Crippen LogP contribution < -0.4 is 10.1 Å². The molecule has 2 aromatic rings. The predicted octanol–water partition coefficient (Wildman–Crippen LogP) is 3.58. The Morgan fingerprint density at radius 2 is 1.93 bits per heavy atom. The number of carbonyl (C=O) groups excluding carboxylic acids is 1. The molecule has 0 radical (unpaired) electrons. The number of hydrogen-bond donors (Lipinski definition) is 1. The highest BCUT2D eigenvalue weighted by Crippen LogP contribution is 2.28. The lowest BCUT2D eigenvalue weighted by Gasteiger charge is -2.34. The van der Waals surface area contributed by atoms with Gasteiger partial charge in [0.2, 0.25) is 15.9 Å². The number of sulfonamides is 1. The number of amides is 1. The van der Waals surface area contributed by atoms with Crippen LogP contribution in [0.15, 0.2) is 53.4 Å². The van der Waals surface area contributed by atoms with Crippen molar-refractivity contribution in [3.8, 4) is 5.75 Å². The van der Waals surface area contributed by atoms with Gasteiger partial charge in [-0.1, -0.05) is 18.6 Å². The van der Waals surface area contributed by atoms with Crippen LogP contribution >= 0.6 is 0 Å². The summed E-state index contributed by atoms with van der Waals surface area (Å²) in [5.41, 5.74) is 1.78. The fourth-order valence-electron chi connectivity index (χ4n) is 3.53. The maximum atomic E-state index is 13.1. The fourth-order valence-corrected chi connectivity index (χ4v) is 5.22. The van der Waals surface area contributed by atoms with Gasteiger partial charge in [-0.05, 0) is 61.7 Å². The molecule has 3 rings (SSSR count). The Kier molecular flexibility index (Phi) is 6.36. The zero-order valence-corrected chi connectivity index (χ0v) is 17.0. The Morgan fingerprint density at radius 3 is 2.61 bits per heavy atom. The molecule has 1 aliphatic rings. The summed E-state index contributed by atoms with van der Waals surface area (Å²) in [4.78, 5) is 12.8. The lowest BCUT2D eigenvalue weighted by Crippen LogP contribution is -2.45. The van der Waals surface area contributed by atoms with Gasteiger partial charge in [0.1, 0.15) is 5.75 Å². The molecule has 1 N–H and O–H groups in total. The zero-order valence-electron chi connectivity index (χ0n) is 16.2. The molecule has 6 nitrogen and oxygen atoms in total. The molecule has 1 aliphatic heterocycles. The summed E-state index contributed by atoms with van der Waals surface area (Å²) in [6.45, 7) is 2.39. The van der Waals surface area contributed by atoms with E-state index in [1.54, 1.807) is 24.3 Å². The molecule has 0 saturated carbocycles. The van der Waals surface area contributed by atoms with Gasteiger partial charge in [-0.3, -0.25) is 4.79 Å². The van der Waals surface area contributed by atoms with Crippen LogP contribution in [0.5, 0.6) is 5.75 Å². The molecule has 0 bridgehead atoms. The summed E-state index contributed by atoms with van der Waals surface area (Å²) in [7, 11) is -2.12. The third-order valence-corrected chi connectivity index (χ3v) is 6.93. The first-order valence-electron chi connectivity index (χ1n) is 9.42. The Morgan fingerprint density at radius 1 is 1.18 bits per heavy atom. The second-order valence-electron chi connectivity index (χ2n) is 7.06. The first kappa shape index (κ1) is 20.4. The summed E-state index contributed by atoms with van der Waals surface area (Å²) in [6.07, 6.45) is 2.53. The van der Waals surface area contributed by atoms with Crippen LogP contribution in [-0.2, 0) is 14.8 Å². The molecule has 28 heavy (non-hydrogen) atoms. The summed E-state index contributed by atoms with van der Waals surface area (Å²) in [5.74, 6) is 0.430. The molecular formula is C21H26N2O4S. The topological polar surface area (TPSA) is 75.7 Å². The minimum absolute atomic E-state index is 0.142. The Bertz CT molecular complexity index is 926. The van der Waals surface area contributed by atoms with E-state index in [0.29, 0.717) is 18.7 Å². The van der Waals surface area contributed by atoms with Gasteiger partial charge in [0, 0.05) is 24.7 Å². The first-order valence-corrected chi connectivity index (χ1v) is 10.9. The highest BCUT2D eigenvalue weighted by atomic mass is 32.2. The van der Waals surface area contributed by atoms with Crippen molar-refractivity contribution in [3.05, 3.63) is 54.1 Å². The van der Waals surface area contributed by atoms with Crippen molar-refractivity contribution in [2.45, 2.75) is 43.5 Å². The second kappa shape index (κ2) is 8.75. The van der Waals surface area contributed by atoms with Crippen molar-refractivity contribution in [1.82, 2.24) is 4.31 Å². The van der Waals surface area contributed by atoms with Crippen molar-refractivity contribution in [3.63, 3.8) is 0 Å². The third kappa shape index (κ3) is 4.72. The number of nitrogens with one attached hydrogen (secondary N) is 1. The average Bonchev–Trinajstić information content (AvgIpc) is 2.68. The maximum Gasteiger partial charge on any atom is 0.243 e. The summed E-state index contributed by atoms with van der Waals surface area (Å²) >= 11 is 0. The number of rotatable bonds is 6. The van der Waals surface area contributed by atoms with Crippen LogP contribution in [-0.4, -0.2) is 38.3 Å². The molecule has 1 heterocycles. The van der Waals surface area contributed by atoms with Crippen molar-refractivity contribution in [1.29, 1.82) is 0 Å². The number of nitrogens with zero attached hydrogens (tertiary/aromatic N) is 1. The molecule has 0 aliphatic carbocycles. The van der Waals surface area contributed by atoms with Gasteiger partial charge >= 0.3 is 0 Å². The minimum Gasteiger partial charge on any atom is -0.497 e. The molecule has 150 valence electrons. The molecule has 2 aromatic carbocycles. The predicted molar refractivity (Wildman–Crippen MR) is 109 cm³/mol. The summed E-state index contributed by atoms with van der Waals surface area (Å²) in [6, 6.07) is 13.6. The second-order valence-corrected chi connectivity index (χ2v) is 8.95. The number of aryl methyl sites for hydroxylation is 1. The van der Waals surface area contributed by atoms with Gasteiger partial charge in [0.05, 0.1) is 12.0 Å². The summed E-state index contributed by atoms with van der Waals surface area (Å²) < 4.78 is 32.9. The van der Waals surface area contributed by atoms with Gasteiger partial charge in [-0.2, -0.15) is 4.31 Å². The van der Waals surface area contributed by atoms with E-state index in [9.17, 15) is 13.2 Å². The van der Waals surface area contributed by atoms with Crippen molar-refractivity contribution in [2.75, 3.05) is 19.0 Å². The van der Waals surface area contributed by atoms with Gasteiger partial charge < -0.3 is 10.1 Å². The van der Waals surface area contributed by atoms with Gasteiger partial charge in [-0.15, -0.1) is 0 Å².